The number of nitriles is 1. The normalized spacial score (nSPS) is 10.0. The predicted octanol–water partition coefficient (Wildman–Crippen LogP) is 1.09. The molecule has 0 fully saturated rings. The van der Waals surface area contributed by atoms with E-state index in [-0.39, 0.29) is 5.56 Å². The maximum absolute atomic E-state index is 11.6. The quantitative estimate of drug-likeness (QED) is 0.315. The van der Waals surface area contributed by atoms with E-state index in [4.69, 9.17) is 10.6 Å². The van der Waals surface area contributed by atoms with Gasteiger partial charge in [0, 0.05) is 5.56 Å². The van der Waals surface area contributed by atoms with E-state index in [1.165, 1.54) is 6.07 Å². The lowest BCUT2D eigenvalue weighted by Gasteiger charge is -2.09. The third kappa shape index (κ3) is 3.77. The fraction of sp³-hybridized carbons (Fsp3) is 0.250. The van der Waals surface area contributed by atoms with Gasteiger partial charge in [-0.3, -0.25) is 15.0 Å². The summed E-state index contributed by atoms with van der Waals surface area (Å²) < 4.78 is 5.58. The van der Waals surface area contributed by atoms with Gasteiger partial charge in [0.1, 0.15) is 17.4 Å². The van der Waals surface area contributed by atoms with E-state index < -0.39 is 11.5 Å². The molecule has 0 atom stereocenters. The Morgan fingerprint density at radius 3 is 2.92 bits per heavy atom. The van der Waals surface area contributed by atoms with Crippen LogP contribution in [0.25, 0.3) is 11.3 Å². The fourth-order valence-electron chi connectivity index (χ4n) is 2.03. The summed E-state index contributed by atoms with van der Waals surface area (Å²) in [7, 11) is 0. The first-order valence-electron chi connectivity index (χ1n) is 7.38. The molecule has 124 valence electrons. The van der Waals surface area contributed by atoms with Crippen molar-refractivity contribution in [3.63, 3.8) is 0 Å². The number of aromatic nitrogens is 2. The van der Waals surface area contributed by atoms with Crippen molar-refractivity contribution in [1.82, 2.24) is 15.6 Å². The largest absolute Gasteiger partial charge is 0.492 e. The Morgan fingerprint density at radius 2 is 2.25 bits per heavy atom. The van der Waals surface area contributed by atoms with Gasteiger partial charge in [-0.1, -0.05) is 13.3 Å². The summed E-state index contributed by atoms with van der Waals surface area (Å²) in [6.07, 6.45) is 1.89. The molecule has 1 aromatic heterocycles. The zero-order chi connectivity index (χ0) is 17.5. The molecular formula is C16H17N5O3. The van der Waals surface area contributed by atoms with Crippen molar-refractivity contribution in [2.75, 3.05) is 6.61 Å². The Balaban J connectivity index is 2.38. The number of carbonyl (C=O) groups is 1. The monoisotopic (exact) mass is 327 g/mol. The van der Waals surface area contributed by atoms with Crippen molar-refractivity contribution in [2.24, 2.45) is 5.84 Å². The Bertz CT molecular complexity index is 838. The van der Waals surface area contributed by atoms with E-state index in [1.807, 2.05) is 5.43 Å². The predicted molar refractivity (Wildman–Crippen MR) is 87.1 cm³/mol. The number of nitrogens with one attached hydrogen (secondary N) is 2. The van der Waals surface area contributed by atoms with Gasteiger partial charge in [0.2, 0.25) is 0 Å². The smallest absolute Gasteiger partial charge is 0.277 e. The lowest BCUT2D eigenvalue weighted by molar-refractivity contribution is 0.0952. The topological polar surface area (TPSA) is 134 Å². The van der Waals surface area contributed by atoms with Crippen molar-refractivity contribution in [3.8, 4) is 23.1 Å². The number of aromatic amines is 1. The van der Waals surface area contributed by atoms with Crippen LogP contribution in [0.15, 0.2) is 29.1 Å². The molecule has 1 heterocycles. The lowest BCUT2D eigenvalue weighted by atomic mass is 10.1. The number of rotatable bonds is 6. The zero-order valence-corrected chi connectivity index (χ0v) is 13.1. The molecule has 0 saturated carbocycles. The standard InChI is InChI=1S/C16H17N5O3/c1-2-3-6-24-14-5-4-10(7-11(14)9-17)13-8-12(15(22)19-18)16(23)21-20-13/h4-5,7-8H,2-3,6,18H2,1H3,(H,19,22)(H,21,23). The van der Waals surface area contributed by atoms with E-state index in [9.17, 15) is 14.9 Å². The first-order chi connectivity index (χ1) is 11.6. The van der Waals surface area contributed by atoms with Gasteiger partial charge in [-0.25, -0.2) is 10.9 Å². The summed E-state index contributed by atoms with van der Waals surface area (Å²) in [5.74, 6) is 4.82. The average molecular weight is 327 g/mol. The molecule has 2 aromatic rings. The number of hydrogen-bond acceptors (Lipinski definition) is 6. The van der Waals surface area contributed by atoms with Crippen molar-refractivity contribution in [1.29, 1.82) is 5.26 Å². The highest BCUT2D eigenvalue weighted by Gasteiger charge is 2.13. The van der Waals surface area contributed by atoms with Gasteiger partial charge in [0.25, 0.3) is 11.5 Å². The molecule has 1 amide bonds. The van der Waals surface area contributed by atoms with Crippen molar-refractivity contribution in [3.05, 3.63) is 45.7 Å². The maximum atomic E-state index is 11.6. The van der Waals surface area contributed by atoms with Gasteiger partial charge >= 0.3 is 0 Å². The highest BCUT2D eigenvalue weighted by molar-refractivity contribution is 5.94. The first kappa shape index (κ1) is 17.2. The highest BCUT2D eigenvalue weighted by atomic mass is 16.5. The van der Waals surface area contributed by atoms with E-state index in [2.05, 4.69) is 23.2 Å². The van der Waals surface area contributed by atoms with Crippen LogP contribution in [0.5, 0.6) is 5.75 Å². The maximum Gasteiger partial charge on any atom is 0.277 e. The average Bonchev–Trinajstić information content (AvgIpc) is 2.62. The van der Waals surface area contributed by atoms with E-state index in [1.54, 1.807) is 18.2 Å². The van der Waals surface area contributed by atoms with Crippen LogP contribution in [-0.2, 0) is 0 Å². The molecule has 0 spiro atoms. The highest BCUT2D eigenvalue weighted by Crippen LogP contribution is 2.25. The minimum atomic E-state index is -0.722. The molecule has 24 heavy (non-hydrogen) atoms. The number of unbranched alkanes of at least 4 members (excludes halogenated alkanes) is 1. The summed E-state index contributed by atoms with van der Waals surface area (Å²) in [5.41, 5.74) is 2.34. The Hall–Kier alpha value is -3.18. The van der Waals surface area contributed by atoms with Crippen LogP contribution in [0.2, 0.25) is 0 Å². The number of hydrogen-bond donors (Lipinski definition) is 3. The van der Waals surface area contributed by atoms with Gasteiger partial charge in [-0.05, 0) is 30.7 Å². The Morgan fingerprint density at radius 1 is 1.46 bits per heavy atom. The molecule has 0 aliphatic rings. The van der Waals surface area contributed by atoms with Crippen LogP contribution < -0.4 is 21.6 Å². The van der Waals surface area contributed by atoms with Crippen molar-refractivity contribution < 1.29 is 9.53 Å². The molecule has 0 bridgehead atoms. The number of benzene rings is 1. The molecule has 0 unspecified atom stereocenters. The minimum absolute atomic E-state index is 0.163. The van der Waals surface area contributed by atoms with Gasteiger partial charge in [0.15, 0.2) is 0 Å². The molecular weight excluding hydrogens is 310 g/mol. The van der Waals surface area contributed by atoms with Crippen molar-refractivity contribution >= 4 is 5.91 Å². The molecule has 2 rings (SSSR count). The van der Waals surface area contributed by atoms with Gasteiger partial charge < -0.3 is 4.74 Å². The summed E-state index contributed by atoms with van der Waals surface area (Å²) >= 11 is 0. The van der Waals surface area contributed by atoms with Gasteiger partial charge in [-0.2, -0.15) is 10.4 Å². The summed E-state index contributed by atoms with van der Waals surface area (Å²) in [5, 5.41) is 15.4. The lowest BCUT2D eigenvalue weighted by Crippen LogP contribution is -2.34. The number of carbonyl (C=O) groups excluding carboxylic acids is 1. The Labute approximate surface area is 138 Å². The summed E-state index contributed by atoms with van der Waals surface area (Å²) in [6.45, 7) is 2.58. The van der Waals surface area contributed by atoms with Crippen LogP contribution in [0.3, 0.4) is 0 Å². The number of ether oxygens (including phenoxy) is 1. The van der Waals surface area contributed by atoms with Crippen LogP contribution in [0.4, 0.5) is 0 Å². The number of hydrazine groups is 1. The minimum Gasteiger partial charge on any atom is -0.492 e. The van der Waals surface area contributed by atoms with E-state index in [0.29, 0.717) is 29.2 Å². The number of H-pyrrole nitrogens is 1. The molecule has 8 heteroatoms. The van der Waals surface area contributed by atoms with Crippen LogP contribution in [0, 0.1) is 11.3 Å². The van der Waals surface area contributed by atoms with Crippen LogP contribution in [0.1, 0.15) is 35.7 Å². The number of nitrogens with two attached hydrogens (primary N) is 1. The molecule has 0 aliphatic heterocycles. The van der Waals surface area contributed by atoms with E-state index >= 15 is 0 Å². The third-order valence-electron chi connectivity index (χ3n) is 3.33. The van der Waals surface area contributed by atoms with Crippen LogP contribution in [-0.4, -0.2) is 22.7 Å². The molecule has 0 saturated heterocycles. The van der Waals surface area contributed by atoms with Gasteiger partial charge in [0.05, 0.1) is 17.9 Å². The second-order valence-corrected chi connectivity index (χ2v) is 4.99. The first-order valence-corrected chi connectivity index (χ1v) is 7.38. The van der Waals surface area contributed by atoms with E-state index in [0.717, 1.165) is 12.8 Å². The SMILES string of the molecule is CCCCOc1ccc(-c2cc(C(=O)NN)c(=O)[nH]n2)cc1C#N. The number of amides is 1. The fourth-order valence-corrected chi connectivity index (χ4v) is 2.03. The second kappa shape index (κ2) is 7.89. The second-order valence-electron chi connectivity index (χ2n) is 4.99. The Kier molecular flexibility index (Phi) is 5.65. The summed E-state index contributed by atoms with van der Waals surface area (Å²) in [6, 6.07) is 8.34. The third-order valence-corrected chi connectivity index (χ3v) is 3.33. The molecule has 0 radical (unpaired) electrons. The molecule has 0 aliphatic carbocycles. The number of nitrogen functional groups attached to an aromatic ring is 1. The zero-order valence-electron chi connectivity index (χ0n) is 13.1. The van der Waals surface area contributed by atoms with Crippen molar-refractivity contribution in [2.45, 2.75) is 19.8 Å². The summed E-state index contributed by atoms with van der Waals surface area (Å²) in [4.78, 5) is 23.2. The van der Waals surface area contributed by atoms with Crippen LogP contribution >= 0.6 is 0 Å². The molecule has 1 aromatic carbocycles. The molecule has 4 N–H and O–H groups in total. The van der Waals surface area contributed by atoms with Gasteiger partial charge in [-0.15, -0.1) is 0 Å². The number of nitrogens with zero attached hydrogens (tertiary/aromatic N) is 2. The molecule has 8 nitrogen and oxygen atoms in total.